The van der Waals surface area contributed by atoms with Gasteiger partial charge in [0.15, 0.2) is 0 Å². The molecule has 1 aromatic carbocycles. The summed E-state index contributed by atoms with van der Waals surface area (Å²) in [5, 5.41) is 9.15. The van der Waals surface area contributed by atoms with Crippen LogP contribution in [0.1, 0.15) is 32.8 Å². The Morgan fingerprint density at radius 3 is 2.82 bits per heavy atom. The van der Waals surface area contributed by atoms with Crippen molar-refractivity contribution in [1.29, 1.82) is 5.26 Å². The zero-order chi connectivity index (χ0) is 16.3. The van der Waals surface area contributed by atoms with Crippen LogP contribution >= 0.6 is 15.9 Å². The number of benzene rings is 1. The van der Waals surface area contributed by atoms with E-state index >= 15 is 0 Å². The maximum atomic E-state index is 12.0. The van der Waals surface area contributed by atoms with Crippen LogP contribution in [0.25, 0.3) is 0 Å². The molecule has 1 heterocycles. The summed E-state index contributed by atoms with van der Waals surface area (Å²) in [6.45, 7) is 6.59. The summed E-state index contributed by atoms with van der Waals surface area (Å²) in [5.74, 6) is 0.543. The molecule has 0 aromatic heterocycles. The Balaban J connectivity index is 1.97. The third kappa shape index (κ3) is 4.38. The predicted molar refractivity (Wildman–Crippen MR) is 85.7 cm³/mol. The molecule has 1 fully saturated rings. The number of ether oxygens (including phenoxy) is 2. The SMILES string of the molecule is CC(C)(C)OC(=O)N1CC[C@@H](Oc2ccc(Br)cc2C#N)C1. The van der Waals surface area contributed by atoms with Gasteiger partial charge in [-0.05, 0) is 39.0 Å². The summed E-state index contributed by atoms with van der Waals surface area (Å²) in [6.07, 6.45) is 0.274. The Bertz CT molecular complexity index is 604. The third-order valence-corrected chi connectivity index (χ3v) is 3.65. The fourth-order valence-electron chi connectivity index (χ4n) is 2.19. The quantitative estimate of drug-likeness (QED) is 0.800. The van der Waals surface area contributed by atoms with Gasteiger partial charge in [0.05, 0.1) is 12.1 Å². The van der Waals surface area contributed by atoms with E-state index in [9.17, 15) is 4.79 Å². The summed E-state index contributed by atoms with van der Waals surface area (Å²) in [5.41, 5.74) is -0.0273. The van der Waals surface area contributed by atoms with Crippen LogP contribution in [0.5, 0.6) is 5.75 Å². The predicted octanol–water partition coefficient (Wildman–Crippen LogP) is 3.71. The maximum absolute atomic E-state index is 12.0. The molecule has 0 unspecified atom stereocenters. The van der Waals surface area contributed by atoms with Gasteiger partial charge in [0.1, 0.15) is 23.5 Å². The molecule has 5 nitrogen and oxygen atoms in total. The van der Waals surface area contributed by atoms with E-state index in [-0.39, 0.29) is 12.2 Å². The van der Waals surface area contributed by atoms with Gasteiger partial charge in [0, 0.05) is 17.4 Å². The number of rotatable bonds is 2. The van der Waals surface area contributed by atoms with E-state index < -0.39 is 5.60 Å². The smallest absolute Gasteiger partial charge is 0.410 e. The lowest BCUT2D eigenvalue weighted by atomic mass is 10.2. The number of carbonyl (C=O) groups is 1. The lowest BCUT2D eigenvalue weighted by Gasteiger charge is -2.24. The lowest BCUT2D eigenvalue weighted by molar-refractivity contribution is 0.0275. The number of likely N-dealkylation sites (tertiary alicyclic amines) is 1. The second-order valence-corrected chi connectivity index (χ2v) is 7.12. The maximum Gasteiger partial charge on any atom is 0.410 e. The molecule has 22 heavy (non-hydrogen) atoms. The second kappa shape index (κ2) is 6.57. The topological polar surface area (TPSA) is 62.6 Å². The molecule has 0 saturated carbocycles. The van der Waals surface area contributed by atoms with Gasteiger partial charge in [0.2, 0.25) is 0 Å². The van der Waals surface area contributed by atoms with E-state index in [1.54, 1.807) is 17.0 Å². The van der Waals surface area contributed by atoms with Crippen molar-refractivity contribution in [3.63, 3.8) is 0 Å². The van der Waals surface area contributed by atoms with Crippen molar-refractivity contribution in [2.24, 2.45) is 0 Å². The zero-order valence-electron chi connectivity index (χ0n) is 12.9. The number of amides is 1. The van der Waals surface area contributed by atoms with Gasteiger partial charge in [-0.15, -0.1) is 0 Å². The Hall–Kier alpha value is -1.74. The van der Waals surface area contributed by atoms with Gasteiger partial charge in [-0.2, -0.15) is 5.26 Å². The molecule has 0 bridgehead atoms. The first-order chi connectivity index (χ1) is 10.3. The molecule has 0 aliphatic carbocycles. The van der Waals surface area contributed by atoms with Crippen molar-refractivity contribution in [3.05, 3.63) is 28.2 Å². The molecule has 0 N–H and O–H groups in total. The van der Waals surface area contributed by atoms with Gasteiger partial charge >= 0.3 is 6.09 Å². The van der Waals surface area contributed by atoms with Gasteiger partial charge in [-0.25, -0.2) is 4.79 Å². The van der Waals surface area contributed by atoms with Crippen molar-refractivity contribution in [1.82, 2.24) is 4.90 Å². The van der Waals surface area contributed by atoms with Crippen molar-refractivity contribution < 1.29 is 14.3 Å². The minimum atomic E-state index is -0.504. The number of nitriles is 1. The summed E-state index contributed by atoms with van der Waals surface area (Å²) in [7, 11) is 0. The Morgan fingerprint density at radius 2 is 2.18 bits per heavy atom. The molecular weight excluding hydrogens is 348 g/mol. The molecule has 1 amide bonds. The van der Waals surface area contributed by atoms with Gasteiger partial charge in [0.25, 0.3) is 0 Å². The molecule has 0 spiro atoms. The van der Waals surface area contributed by atoms with Crippen molar-refractivity contribution in [3.8, 4) is 11.8 Å². The van der Waals surface area contributed by atoms with Crippen molar-refractivity contribution >= 4 is 22.0 Å². The molecule has 1 atom stereocenters. The van der Waals surface area contributed by atoms with E-state index in [0.717, 1.165) is 10.9 Å². The Kier molecular flexibility index (Phi) is 4.97. The zero-order valence-corrected chi connectivity index (χ0v) is 14.5. The number of hydrogen-bond donors (Lipinski definition) is 0. The normalized spacial score (nSPS) is 18.0. The van der Waals surface area contributed by atoms with E-state index in [2.05, 4.69) is 22.0 Å². The molecule has 1 aliphatic rings. The second-order valence-electron chi connectivity index (χ2n) is 6.21. The highest BCUT2D eigenvalue weighted by atomic mass is 79.9. The molecule has 1 aliphatic heterocycles. The minimum absolute atomic E-state index is 0.124. The highest BCUT2D eigenvalue weighted by molar-refractivity contribution is 9.10. The molecular formula is C16H19BrN2O3. The summed E-state index contributed by atoms with van der Waals surface area (Å²) >= 11 is 3.33. The fourth-order valence-corrected chi connectivity index (χ4v) is 2.55. The van der Waals surface area contributed by atoms with Gasteiger partial charge in [-0.1, -0.05) is 15.9 Å². The average Bonchev–Trinajstić information content (AvgIpc) is 2.87. The lowest BCUT2D eigenvalue weighted by Crippen LogP contribution is -2.36. The first-order valence-corrected chi connectivity index (χ1v) is 7.92. The first kappa shape index (κ1) is 16.6. The number of carbonyl (C=O) groups excluding carboxylic acids is 1. The van der Waals surface area contributed by atoms with Crippen molar-refractivity contribution in [2.45, 2.75) is 38.9 Å². The molecule has 0 radical (unpaired) electrons. The molecule has 118 valence electrons. The van der Waals surface area contributed by atoms with Crippen LogP contribution in [0.3, 0.4) is 0 Å². The first-order valence-electron chi connectivity index (χ1n) is 7.13. The summed E-state index contributed by atoms with van der Waals surface area (Å²) in [4.78, 5) is 13.7. The molecule has 1 aromatic rings. The highest BCUT2D eigenvalue weighted by Crippen LogP contribution is 2.26. The average molecular weight is 367 g/mol. The largest absolute Gasteiger partial charge is 0.487 e. The monoisotopic (exact) mass is 366 g/mol. The van der Waals surface area contributed by atoms with Crippen LogP contribution in [0.2, 0.25) is 0 Å². The van der Waals surface area contributed by atoms with E-state index in [1.807, 2.05) is 26.8 Å². The van der Waals surface area contributed by atoms with Crippen LogP contribution < -0.4 is 4.74 Å². The minimum Gasteiger partial charge on any atom is -0.487 e. The van der Waals surface area contributed by atoms with E-state index in [1.165, 1.54) is 0 Å². The molecule has 1 saturated heterocycles. The summed E-state index contributed by atoms with van der Waals surface area (Å²) in [6, 6.07) is 7.43. The van der Waals surface area contributed by atoms with E-state index in [0.29, 0.717) is 24.4 Å². The Morgan fingerprint density at radius 1 is 1.45 bits per heavy atom. The highest BCUT2D eigenvalue weighted by Gasteiger charge is 2.31. The number of nitrogens with zero attached hydrogens (tertiary/aromatic N) is 2. The van der Waals surface area contributed by atoms with Crippen LogP contribution in [0.4, 0.5) is 4.79 Å². The van der Waals surface area contributed by atoms with Gasteiger partial charge < -0.3 is 14.4 Å². The van der Waals surface area contributed by atoms with Crippen LogP contribution in [-0.4, -0.2) is 35.8 Å². The van der Waals surface area contributed by atoms with Gasteiger partial charge in [-0.3, -0.25) is 0 Å². The molecule has 6 heteroatoms. The fraction of sp³-hybridized carbons (Fsp3) is 0.500. The molecule has 2 rings (SSSR count). The Labute approximate surface area is 138 Å². The third-order valence-electron chi connectivity index (χ3n) is 3.15. The summed E-state index contributed by atoms with van der Waals surface area (Å²) < 4.78 is 12.1. The number of halogens is 1. The number of hydrogen-bond acceptors (Lipinski definition) is 4. The standard InChI is InChI=1S/C16H19BrN2O3/c1-16(2,3)22-15(20)19-7-6-13(10-19)21-14-5-4-12(17)8-11(14)9-18/h4-5,8,13H,6-7,10H2,1-3H3/t13-/m1/s1. The van der Waals surface area contributed by atoms with E-state index in [4.69, 9.17) is 14.7 Å². The van der Waals surface area contributed by atoms with Crippen LogP contribution in [-0.2, 0) is 4.74 Å². The van der Waals surface area contributed by atoms with Crippen molar-refractivity contribution in [2.75, 3.05) is 13.1 Å². The van der Waals surface area contributed by atoms with Crippen LogP contribution in [0.15, 0.2) is 22.7 Å². The van der Waals surface area contributed by atoms with Crippen LogP contribution in [0, 0.1) is 11.3 Å².